The minimum atomic E-state index is -0.637. The van der Waals surface area contributed by atoms with Crippen LogP contribution in [0.15, 0.2) is 4.99 Å². The van der Waals surface area contributed by atoms with Gasteiger partial charge in [0.15, 0.2) is 12.6 Å². The van der Waals surface area contributed by atoms with Crippen LogP contribution in [0.3, 0.4) is 0 Å². The van der Waals surface area contributed by atoms with Gasteiger partial charge in [-0.05, 0) is 138 Å². The van der Waals surface area contributed by atoms with Gasteiger partial charge in [0.25, 0.3) is 0 Å². The Hall–Kier alpha value is -1.71. The first kappa shape index (κ1) is 52.3. The van der Waals surface area contributed by atoms with Crippen molar-refractivity contribution in [2.24, 2.45) is 4.99 Å². The van der Waals surface area contributed by atoms with Crippen LogP contribution in [0.1, 0.15) is 138 Å². The standard InChI is InChI=1S/C20H39NO6.C19H35NO5.CH4O/c1-12-13(21-17(22)23-11)14(25-18(2,3)4)15(26-19(5,6)7)16(24-12)27-20(8,9)10;1-12-13(20-11-21)14(23-17(2,3)4)15(24-18(5,6)7)16(22-12)25-19(8,9)10;1-2/h12-16H,1-11H3,(H,21,22);12-16H,1-10H3;2H,1H3. The third-order valence-electron chi connectivity index (χ3n) is 7.13. The van der Waals surface area contributed by atoms with E-state index in [-0.39, 0.29) is 12.2 Å². The molecule has 2 N–H and O–H groups in total. The molecule has 0 aromatic heterocycles. The normalized spacial score (nSPS) is 29.8. The lowest BCUT2D eigenvalue weighted by atomic mass is 9.94. The SMILES string of the molecule is CC1OC(OC(C)(C)C)C(OC(C)(C)C)C(OC(C)(C)C)C1N=C=O.CO.COC(=O)NC1C(C)OC(OC(C)(C)C)C(OC(C)(C)C)C1OC(C)(C)C. The number of nitrogens with zero attached hydrogens (tertiary/aromatic N) is 1. The smallest absolute Gasteiger partial charge is 0.407 e. The average Bonchev–Trinajstić information content (AvgIpc) is 2.94. The monoisotopic (exact) mass is 779 g/mol. The summed E-state index contributed by atoms with van der Waals surface area (Å²) in [5.74, 6) is 0. The molecule has 10 unspecified atom stereocenters. The van der Waals surface area contributed by atoms with Crippen molar-refractivity contribution in [3.63, 3.8) is 0 Å². The van der Waals surface area contributed by atoms with Crippen molar-refractivity contribution in [1.82, 2.24) is 5.32 Å². The molecular formula is C40H78N2O12. The van der Waals surface area contributed by atoms with Crippen LogP contribution in [0.2, 0.25) is 0 Å². The molecule has 320 valence electrons. The topological polar surface area (TPSA) is 162 Å². The first-order valence-corrected chi connectivity index (χ1v) is 18.9. The summed E-state index contributed by atoms with van der Waals surface area (Å²) in [6.45, 7) is 39.1. The second kappa shape index (κ2) is 20.6. The van der Waals surface area contributed by atoms with Gasteiger partial charge in [0.2, 0.25) is 6.08 Å². The second-order valence-electron chi connectivity index (χ2n) is 19.5. The Bertz CT molecular complexity index is 1150. The zero-order valence-electron chi connectivity index (χ0n) is 37.7. The number of carbonyl (C=O) groups is 1. The second-order valence-corrected chi connectivity index (χ2v) is 19.5. The first-order valence-electron chi connectivity index (χ1n) is 18.9. The number of isocyanates is 1. The fourth-order valence-corrected chi connectivity index (χ4v) is 5.66. The van der Waals surface area contributed by atoms with E-state index in [0.29, 0.717) is 0 Å². The molecule has 0 bridgehead atoms. The lowest BCUT2D eigenvalue weighted by Crippen LogP contribution is -2.67. The van der Waals surface area contributed by atoms with E-state index in [0.717, 1.165) is 7.11 Å². The first-order chi connectivity index (χ1) is 24.1. The average molecular weight is 779 g/mol. The number of nitrogens with one attached hydrogen (secondary N) is 1. The summed E-state index contributed by atoms with van der Waals surface area (Å²) in [4.78, 5) is 26.8. The molecule has 0 aliphatic carbocycles. The summed E-state index contributed by atoms with van der Waals surface area (Å²) < 4.78 is 54.4. The number of amides is 1. The van der Waals surface area contributed by atoms with Crippen LogP contribution in [-0.4, -0.2) is 126 Å². The number of hydrogen-bond donors (Lipinski definition) is 2. The van der Waals surface area contributed by atoms with E-state index < -0.39 is 88.8 Å². The number of aliphatic imine (C=N–C) groups is 1. The van der Waals surface area contributed by atoms with Crippen LogP contribution in [0.25, 0.3) is 0 Å². The van der Waals surface area contributed by atoms with Crippen LogP contribution in [0.5, 0.6) is 0 Å². The van der Waals surface area contributed by atoms with Gasteiger partial charge in [-0.3, -0.25) is 0 Å². The van der Waals surface area contributed by atoms with E-state index in [1.54, 1.807) is 6.08 Å². The molecule has 0 radical (unpaired) electrons. The van der Waals surface area contributed by atoms with Gasteiger partial charge in [0.05, 0.1) is 59.0 Å². The Morgan fingerprint density at radius 2 is 0.870 bits per heavy atom. The summed E-state index contributed by atoms with van der Waals surface area (Å²) in [6, 6.07) is -0.965. The maximum absolute atomic E-state index is 11.9. The highest BCUT2D eigenvalue weighted by Gasteiger charge is 2.52. The van der Waals surface area contributed by atoms with Gasteiger partial charge in [0, 0.05) is 7.11 Å². The summed E-state index contributed by atoms with van der Waals surface area (Å²) >= 11 is 0. The van der Waals surface area contributed by atoms with Gasteiger partial charge in [0.1, 0.15) is 30.5 Å². The van der Waals surface area contributed by atoms with E-state index in [4.69, 9.17) is 47.7 Å². The molecule has 14 nitrogen and oxygen atoms in total. The Labute approximate surface area is 327 Å². The molecule has 10 atom stereocenters. The molecule has 0 aromatic rings. The largest absolute Gasteiger partial charge is 0.453 e. The van der Waals surface area contributed by atoms with Gasteiger partial charge in [-0.1, -0.05) is 0 Å². The Morgan fingerprint density at radius 1 is 0.556 bits per heavy atom. The molecule has 2 fully saturated rings. The number of hydrogen-bond acceptors (Lipinski definition) is 13. The lowest BCUT2D eigenvalue weighted by Gasteiger charge is -2.49. The molecule has 2 saturated heterocycles. The van der Waals surface area contributed by atoms with Crippen LogP contribution < -0.4 is 5.32 Å². The Balaban J connectivity index is 0.000000997. The maximum atomic E-state index is 11.9. The molecule has 2 heterocycles. The van der Waals surface area contributed by atoms with Gasteiger partial charge >= 0.3 is 6.09 Å². The fraction of sp³-hybridized carbons (Fsp3) is 0.950. The molecule has 2 rings (SSSR count). The van der Waals surface area contributed by atoms with Crippen molar-refractivity contribution in [2.45, 2.75) is 233 Å². The highest BCUT2D eigenvalue weighted by molar-refractivity contribution is 5.67. The minimum absolute atomic E-state index is 0.358. The van der Waals surface area contributed by atoms with Crippen molar-refractivity contribution in [1.29, 1.82) is 0 Å². The van der Waals surface area contributed by atoms with E-state index in [1.807, 2.05) is 138 Å². The molecule has 54 heavy (non-hydrogen) atoms. The Kier molecular flexibility index (Phi) is 20.0. The molecule has 1 amide bonds. The van der Waals surface area contributed by atoms with Crippen LogP contribution in [-0.2, 0) is 47.4 Å². The number of alkyl carbamates (subject to hydrolysis) is 1. The number of methoxy groups -OCH3 is 1. The number of ether oxygens (including phenoxy) is 9. The van der Waals surface area contributed by atoms with Gasteiger partial charge in [-0.15, -0.1) is 0 Å². The number of aliphatic hydroxyl groups excluding tert-OH is 1. The summed E-state index contributed by atoms with van der Waals surface area (Å²) in [6.07, 6.45) is -2.92. The highest BCUT2D eigenvalue weighted by Crippen LogP contribution is 2.36. The van der Waals surface area contributed by atoms with E-state index in [2.05, 4.69) is 10.3 Å². The third-order valence-corrected chi connectivity index (χ3v) is 7.13. The third kappa shape index (κ3) is 20.5. The minimum Gasteiger partial charge on any atom is -0.453 e. The zero-order chi connectivity index (χ0) is 42.8. The Morgan fingerprint density at radius 3 is 1.20 bits per heavy atom. The van der Waals surface area contributed by atoms with E-state index in [1.165, 1.54) is 7.11 Å². The molecule has 0 spiro atoms. The van der Waals surface area contributed by atoms with Crippen molar-refractivity contribution < 1.29 is 57.3 Å². The predicted molar refractivity (Wildman–Crippen MR) is 208 cm³/mol. The summed E-state index contributed by atoms with van der Waals surface area (Å²) in [5.41, 5.74) is -2.64. The number of aliphatic hydroxyl groups is 1. The lowest BCUT2D eigenvalue weighted by molar-refractivity contribution is -0.331. The van der Waals surface area contributed by atoms with Crippen molar-refractivity contribution >= 4 is 12.2 Å². The molecule has 2 aliphatic heterocycles. The van der Waals surface area contributed by atoms with Crippen LogP contribution in [0.4, 0.5) is 4.79 Å². The summed E-state index contributed by atoms with van der Waals surface area (Å²) in [7, 11) is 2.33. The van der Waals surface area contributed by atoms with Gasteiger partial charge in [-0.25, -0.2) is 9.59 Å². The van der Waals surface area contributed by atoms with Crippen LogP contribution >= 0.6 is 0 Å². The van der Waals surface area contributed by atoms with E-state index >= 15 is 0 Å². The molecule has 14 heteroatoms. The van der Waals surface area contributed by atoms with Crippen molar-refractivity contribution in [3.8, 4) is 0 Å². The van der Waals surface area contributed by atoms with E-state index in [9.17, 15) is 9.59 Å². The molecule has 0 aromatic carbocycles. The van der Waals surface area contributed by atoms with Gasteiger partial charge < -0.3 is 53.1 Å². The van der Waals surface area contributed by atoms with Gasteiger partial charge in [-0.2, -0.15) is 4.99 Å². The zero-order valence-corrected chi connectivity index (χ0v) is 37.7. The number of carbonyl (C=O) groups excluding carboxylic acids is 2. The van der Waals surface area contributed by atoms with Crippen LogP contribution in [0, 0.1) is 0 Å². The predicted octanol–water partition coefficient (Wildman–Crippen LogP) is 6.86. The number of rotatable bonds is 8. The van der Waals surface area contributed by atoms with Crippen molar-refractivity contribution in [3.05, 3.63) is 0 Å². The fourth-order valence-electron chi connectivity index (χ4n) is 5.66. The maximum Gasteiger partial charge on any atom is 0.407 e. The highest BCUT2D eigenvalue weighted by atomic mass is 16.7. The molecular weight excluding hydrogens is 700 g/mol. The quantitative estimate of drug-likeness (QED) is 0.195. The molecule has 2 aliphatic rings. The summed E-state index contributed by atoms with van der Waals surface area (Å²) in [5, 5.41) is 9.84. The molecule has 0 saturated carbocycles. The van der Waals surface area contributed by atoms with Crippen molar-refractivity contribution in [2.75, 3.05) is 14.2 Å².